The number of aliphatic hydroxyl groups excluding tert-OH is 1. The summed E-state index contributed by atoms with van der Waals surface area (Å²) in [5.74, 6) is -0.0505. The van der Waals surface area contributed by atoms with Gasteiger partial charge in [0.05, 0.1) is 19.8 Å². The van der Waals surface area contributed by atoms with Crippen molar-refractivity contribution in [1.29, 1.82) is 0 Å². The minimum atomic E-state index is -0.0505. The number of hydrogen-bond acceptors (Lipinski definition) is 4. The molecule has 1 amide bonds. The van der Waals surface area contributed by atoms with E-state index in [0.29, 0.717) is 25.7 Å². The first kappa shape index (κ1) is 15.3. The van der Waals surface area contributed by atoms with Gasteiger partial charge in [-0.05, 0) is 13.3 Å². The zero-order valence-electron chi connectivity index (χ0n) is 10.5. The summed E-state index contributed by atoms with van der Waals surface area (Å²) in [6, 6.07) is 0.357. The van der Waals surface area contributed by atoms with Crippen molar-refractivity contribution < 1.29 is 14.6 Å². The predicted octanol–water partition coefficient (Wildman–Crippen LogP) is -0.158. The number of carbonyl (C=O) groups excluding carboxylic acids is 1. The zero-order chi connectivity index (χ0) is 12.4. The molecule has 0 heterocycles. The van der Waals surface area contributed by atoms with Crippen LogP contribution in [-0.2, 0) is 9.53 Å². The van der Waals surface area contributed by atoms with Crippen molar-refractivity contribution in [3.8, 4) is 0 Å². The van der Waals surface area contributed by atoms with Crippen LogP contribution in [0.4, 0.5) is 0 Å². The lowest BCUT2D eigenvalue weighted by atomic mass is 10.2. The van der Waals surface area contributed by atoms with E-state index < -0.39 is 0 Å². The lowest BCUT2D eigenvalue weighted by molar-refractivity contribution is -0.123. The van der Waals surface area contributed by atoms with E-state index in [1.807, 2.05) is 0 Å². The van der Waals surface area contributed by atoms with Gasteiger partial charge in [0.15, 0.2) is 0 Å². The van der Waals surface area contributed by atoms with E-state index in [1.165, 1.54) is 0 Å². The van der Waals surface area contributed by atoms with Crippen LogP contribution in [0.15, 0.2) is 0 Å². The predicted molar refractivity (Wildman–Crippen MR) is 63.3 cm³/mol. The van der Waals surface area contributed by atoms with Crippen LogP contribution in [0.5, 0.6) is 0 Å². The molecule has 16 heavy (non-hydrogen) atoms. The largest absolute Gasteiger partial charge is 0.395 e. The number of aliphatic hydroxyl groups is 1. The van der Waals surface area contributed by atoms with Crippen molar-refractivity contribution in [2.75, 3.05) is 40.0 Å². The standard InChI is InChI=1S/C11H24N2O3/c1-4-10(2)13(6-8-16-3)9-11(15)12-5-7-14/h10,14H,4-9H2,1-3H3,(H,12,15). The van der Waals surface area contributed by atoms with E-state index in [9.17, 15) is 4.79 Å². The Morgan fingerprint density at radius 1 is 1.56 bits per heavy atom. The fourth-order valence-electron chi connectivity index (χ4n) is 1.36. The van der Waals surface area contributed by atoms with Gasteiger partial charge in [-0.25, -0.2) is 0 Å². The summed E-state index contributed by atoms with van der Waals surface area (Å²) >= 11 is 0. The number of amides is 1. The van der Waals surface area contributed by atoms with Crippen molar-refractivity contribution in [2.24, 2.45) is 0 Å². The average molecular weight is 232 g/mol. The summed E-state index contributed by atoms with van der Waals surface area (Å²) in [5, 5.41) is 11.2. The minimum absolute atomic E-state index is 0.0207. The van der Waals surface area contributed by atoms with Crippen LogP contribution >= 0.6 is 0 Å². The van der Waals surface area contributed by atoms with Crippen LogP contribution in [-0.4, -0.2) is 61.9 Å². The van der Waals surface area contributed by atoms with Crippen LogP contribution in [0.25, 0.3) is 0 Å². The van der Waals surface area contributed by atoms with E-state index in [1.54, 1.807) is 7.11 Å². The second kappa shape index (κ2) is 9.57. The molecule has 0 saturated carbocycles. The maximum atomic E-state index is 11.5. The molecule has 5 heteroatoms. The lowest BCUT2D eigenvalue weighted by Gasteiger charge is -2.27. The molecule has 2 N–H and O–H groups in total. The van der Waals surface area contributed by atoms with E-state index in [-0.39, 0.29) is 12.5 Å². The highest BCUT2D eigenvalue weighted by Gasteiger charge is 2.15. The van der Waals surface area contributed by atoms with Gasteiger partial charge in [-0.1, -0.05) is 6.92 Å². The Balaban J connectivity index is 4.03. The van der Waals surface area contributed by atoms with E-state index in [2.05, 4.69) is 24.1 Å². The third-order valence-corrected chi connectivity index (χ3v) is 2.58. The van der Waals surface area contributed by atoms with Crippen LogP contribution in [0.3, 0.4) is 0 Å². The first-order chi connectivity index (χ1) is 7.65. The molecule has 1 atom stereocenters. The molecule has 0 aromatic heterocycles. The Morgan fingerprint density at radius 3 is 2.75 bits per heavy atom. The smallest absolute Gasteiger partial charge is 0.234 e. The summed E-state index contributed by atoms with van der Waals surface area (Å²) < 4.78 is 5.02. The number of hydrogen-bond donors (Lipinski definition) is 2. The molecular weight excluding hydrogens is 208 g/mol. The highest BCUT2D eigenvalue weighted by Crippen LogP contribution is 2.02. The van der Waals surface area contributed by atoms with Crippen LogP contribution < -0.4 is 5.32 Å². The number of nitrogens with zero attached hydrogens (tertiary/aromatic N) is 1. The molecule has 0 aromatic rings. The van der Waals surface area contributed by atoms with Crippen molar-refractivity contribution >= 4 is 5.91 Å². The average Bonchev–Trinajstić information content (AvgIpc) is 2.30. The number of methoxy groups -OCH3 is 1. The molecule has 0 aliphatic rings. The monoisotopic (exact) mass is 232 g/mol. The Labute approximate surface area is 97.8 Å². The number of ether oxygens (including phenoxy) is 1. The van der Waals surface area contributed by atoms with Crippen molar-refractivity contribution in [3.05, 3.63) is 0 Å². The summed E-state index contributed by atoms with van der Waals surface area (Å²) in [5.41, 5.74) is 0. The molecule has 0 aliphatic carbocycles. The Hall–Kier alpha value is -0.650. The van der Waals surface area contributed by atoms with Crippen molar-refractivity contribution in [1.82, 2.24) is 10.2 Å². The van der Waals surface area contributed by atoms with Gasteiger partial charge in [-0.3, -0.25) is 9.69 Å². The summed E-state index contributed by atoms with van der Waals surface area (Å²) in [7, 11) is 1.65. The maximum Gasteiger partial charge on any atom is 0.234 e. The maximum absolute atomic E-state index is 11.5. The van der Waals surface area contributed by atoms with Crippen LogP contribution in [0.1, 0.15) is 20.3 Å². The molecular formula is C11H24N2O3. The third-order valence-electron chi connectivity index (χ3n) is 2.58. The van der Waals surface area contributed by atoms with Gasteiger partial charge < -0.3 is 15.2 Å². The first-order valence-corrected chi connectivity index (χ1v) is 5.76. The number of carbonyl (C=O) groups is 1. The molecule has 0 aromatic carbocycles. The van der Waals surface area contributed by atoms with Crippen LogP contribution in [0.2, 0.25) is 0 Å². The van der Waals surface area contributed by atoms with E-state index >= 15 is 0 Å². The number of rotatable bonds is 9. The summed E-state index contributed by atoms with van der Waals surface area (Å²) in [4.78, 5) is 13.6. The Kier molecular flexibility index (Phi) is 9.18. The SMILES string of the molecule is CCC(C)N(CCOC)CC(=O)NCCO. The third kappa shape index (κ3) is 6.76. The minimum Gasteiger partial charge on any atom is -0.395 e. The van der Waals surface area contributed by atoms with Gasteiger partial charge in [-0.2, -0.15) is 0 Å². The van der Waals surface area contributed by atoms with Gasteiger partial charge in [0, 0.05) is 26.2 Å². The van der Waals surface area contributed by atoms with E-state index in [0.717, 1.165) is 13.0 Å². The van der Waals surface area contributed by atoms with Crippen molar-refractivity contribution in [2.45, 2.75) is 26.3 Å². The van der Waals surface area contributed by atoms with Gasteiger partial charge in [-0.15, -0.1) is 0 Å². The second-order valence-electron chi connectivity index (χ2n) is 3.79. The Bertz CT molecular complexity index is 188. The molecule has 1 unspecified atom stereocenters. The highest BCUT2D eigenvalue weighted by atomic mass is 16.5. The van der Waals surface area contributed by atoms with Gasteiger partial charge in [0.1, 0.15) is 0 Å². The molecule has 0 radical (unpaired) electrons. The molecule has 0 spiro atoms. The number of nitrogens with one attached hydrogen (secondary N) is 1. The fourth-order valence-corrected chi connectivity index (χ4v) is 1.36. The summed E-state index contributed by atoms with van der Waals surface area (Å²) in [6.45, 7) is 6.21. The molecule has 96 valence electrons. The first-order valence-electron chi connectivity index (χ1n) is 5.76. The summed E-state index contributed by atoms with van der Waals surface area (Å²) in [6.07, 6.45) is 0.997. The molecule has 5 nitrogen and oxygen atoms in total. The molecule has 0 fully saturated rings. The highest BCUT2D eigenvalue weighted by molar-refractivity contribution is 5.78. The molecule has 0 rings (SSSR count). The van der Waals surface area contributed by atoms with Crippen LogP contribution in [0, 0.1) is 0 Å². The zero-order valence-corrected chi connectivity index (χ0v) is 10.5. The quantitative estimate of drug-likeness (QED) is 0.580. The molecule has 0 aliphatic heterocycles. The molecule has 0 saturated heterocycles. The Morgan fingerprint density at radius 2 is 2.25 bits per heavy atom. The fraction of sp³-hybridized carbons (Fsp3) is 0.909. The van der Waals surface area contributed by atoms with E-state index in [4.69, 9.17) is 9.84 Å². The lowest BCUT2D eigenvalue weighted by Crippen LogP contribution is -2.43. The second-order valence-corrected chi connectivity index (χ2v) is 3.79. The van der Waals surface area contributed by atoms with Gasteiger partial charge in [0.25, 0.3) is 0 Å². The normalized spacial score (nSPS) is 12.8. The molecule has 0 bridgehead atoms. The van der Waals surface area contributed by atoms with Gasteiger partial charge >= 0.3 is 0 Å². The van der Waals surface area contributed by atoms with Gasteiger partial charge in [0.2, 0.25) is 5.91 Å². The van der Waals surface area contributed by atoms with Crippen molar-refractivity contribution in [3.63, 3.8) is 0 Å². The topological polar surface area (TPSA) is 61.8 Å².